The normalized spacial score (nSPS) is 51.5. The van der Waals surface area contributed by atoms with E-state index in [0.717, 1.165) is 6.61 Å². The molecular weight excluding hydrogens is 168 g/mol. The lowest BCUT2D eigenvalue weighted by Crippen LogP contribution is -2.53. The highest BCUT2D eigenvalue weighted by molar-refractivity contribution is 4.85. The van der Waals surface area contributed by atoms with Crippen molar-refractivity contribution in [3.63, 3.8) is 0 Å². The molecule has 0 aromatic heterocycles. The molecule has 2 fully saturated rings. The molecule has 2 aliphatic rings. The van der Waals surface area contributed by atoms with Gasteiger partial charge >= 0.3 is 0 Å². The van der Waals surface area contributed by atoms with E-state index in [1.165, 1.54) is 0 Å². The summed E-state index contributed by atoms with van der Waals surface area (Å²) in [6, 6.07) is 0. The summed E-state index contributed by atoms with van der Waals surface area (Å²) in [5.74, 6) is 1.16. The van der Waals surface area contributed by atoms with Crippen LogP contribution in [-0.2, 0) is 14.2 Å². The minimum atomic E-state index is -0.0717. The minimum Gasteiger partial charge on any atom is -0.373 e. The van der Waals surface area contributed by atoms with Gasteiger partial charge < -0.3 is 14.2 Å². The van der Waals surface area contributed by atoms with E-state index in [1.54, 1.807) is 0 Å². The summed E-state index contributed by atoms with van der Waals surface area (Å²) < 4.78 is 16.8. The van der Waals surface area contributed by atoms with Crippen LogP contribution in [0, 0.1) is 11.8 Å². The SMILES string of the molecule is CC1OCC2OCC(C)[C@@H](C)[C@H]2O1. The fraction of sp³-hybridized carbons (Fsp3) is 1.00. The number of hydrogen-bond donors (Lipinski definition) is 0. The van der Waals surface area contributed by atoms with Crippen molar-refractivity contribution in [3.8, 4) is 0 Å². The van der Waals surface area contributed by atoms with Crippen molar-refractivity contribution in [1.29, 1.82) is 0 Å². The molecule has 13 heavy (non-hydrogen) atoms. The van der Waals surface area contributed by atoms with E-state index in [1.807, 2.05) is 6.92 Å². The first-order valence-electron chi connectivity index (χ1n) is 5.07. The number of hydrogen-bond acceptors (Lipinski definition) is 3. The molecule has 0 N–H and O–H groups in total. The number of rotatable bonds is 0. The summed E-state index contributed by atoms with van der Waals surface area (Å²) in [7, 11) is 0. The van der Waals surface area contributed by atoms with Gasteiger partial charge in [0, 0.05) is 0 Å². The molecule has 0 bridgehead atoms. The molecule has 0 aliphatic carbocycles. The van der Waals surface area contributed by atoms with Crippen molar-refractivity contribution in [3.05, 3.63) is 0 Å². The van der Waals surface area contributed by atoms with Crippen molar-refractivity contribution in [2.45, 2.75) is 39.3 Å². The molecule has 3 nitrogen and oxygen atoms in total. The lowest BCUT2D eigenvalue weighted by Gasteiger charge is -2.44. The fourth-order valence-electron chi connectivity index (χ4n) is 2.03. The minimum absolute atomic E-state index is 0.0717. The number of ether oxygens (including phenoxy) is 3. The van der Waals surface area contributed by atoms with E-state index in [2.05, 4.69) is 13.8 Å². The predicted molar refractivity (Wildman–Crippen MR) is 48.4 cm³/mol. The molecule has 2 rings (SSSR count). The quantitative estimate of drug-likeness (QED) is 0.572. The van der Waals surface area contributed by atoms with E-state index in [9.17, 15) is 0 Å². The van der Waals surface area contributed by atoms with Crippen LogP contribution in [-0.4, -0.2) is 31.7 Å². The summed E-state index contributed by atoms with van der Waals surface area (Å²) in [5.41, 5.74) is 0. The first-order chi connectivity index (χ1) is 6.18. The van der Waals surface area contributed by atoms with Gasteiger partial charge in [-0.3, -0.25) is 0 Å². The average molecular weight is 186 g/mol. The van der Waals surface area contributed by atoms with Crippen LogP contribution in [0.1, 0.15) is 20.8 Å². The topological polar surface area (TPSA) is 27.7 Å². The number of fused-ring (bicyclic) bond motifs is 1. The maximum Gasteiger partial charge on any atom is 0.155 e. The molecule has 0 spiro atoms. The molecule has 0 aromatic carbocycles. The largest absolute Gasteiger partial charge is 0.373 e. The molecule has 0 aromatic rings. The van der Waals surface area contributed by atoms with Crippen LogP contribution in [0.5, 0.6) is 0 Å². The van der Waals surface area contributed by atoms with Crippen LogP contribution in [0.15, 0.2) is 0 Å². The molecule has 3 unspecified atom stereocenters. The van der Waals surface area contributed by atoms with Crippen LogP contribution in [0.25, 0.3) is 0 Å². The third-order valence-corrected chi connectivity index (χ3v) is 3.20. The van der Waals surface area contributed by atoms with E-state index >= 15 is 0 Å². The zero-order valence-electron chi connectivity index (χ0n) is 8.53. The maximum atomic E-state index is 5.73. The van der Waals surface area contributed by atoms with Crippen LogP contribution < -0.4 is 0 Å². The molecular formula is C10H18O3. The Morgan fingerprint density at radius 3 is 2.54 bits per heavy atom. The first kappa shape index (κ1) is 9.44. The summed E-state index contributed by atoms with van der Waals surface area (Å²) in [6.07, 6.45) is 0.312. The monoisotopic (exact) mass is 186 g/mol. The van der Waals surface area contributed by atoms with E-state index in [4.69, 9.17) is 14.2 Å². The van der Waals surface area contributed by atoms with Gasteiger partial charge in [0.15, 0.2) is 6.29 Å². The highest BCUT2D eigenvalue weighted by Gasteiger charge is 2.40. The van der Waals surface area contributed by atoms with Gasteiger partial charge in [0.2, 0.25) is 0 Å². The zero-order valence-corrected chi connectivity index (χ0v) is 8.53. The Bertz CT molecular complexity index is 179. The second-order valence-corrected chi connectivity index (χ2v) is 4.21. The standard InChI is InChI=1S/C10H18O3/c1-6-4-12-9-5-11-8(3)13-10(9)7(6)2/h6-10H,4-5H2,1-3H3/t6?,7-,8?,9?,10-/m1/s1. The van der Waals surface area contributed by atoms with Crippen LogP contribution in [0.3, 0.4) is 0 Å². The van der Waals surface area contributed by atoms with E-state index < -0.39 is 0 Å². The predicted octanol–water partition coefficient (Wildman–Crippen LogP) is 1.42. The Kier molecular flexibility index (Phi) is 2.58. The van der Waals surface area contributed by atoms with Gasteiger partial charge in [0.25, 0.3) is 0 Å². The highest BCUT2D eigenvalue weighted by atomic mass is 16.7. The molecule has 76 valence electrons. The third kappa shape index (κ3) is 1.73. The Labute approximate surface area is 79.4 Å². The van der Waals surface area contributed by atoms with Gasteiger partial charge in [-0.05, 0) is 18.8 Å². The van der Waals surface area contributed by atoms with Crippen molar-refractivity contribution < 1.29 is 14.2 Å². The first-order valence-corrected chi connectivity index (χ1v) is 5.07. The van der Waals surface area contributed by atoms with Gasteiger partial charge in [-0.15, -0.1) is 0 Å². The molecule has 2 aliphatic heterocycles. The van der Waals surface area contributed by atoms with E-state index in [-0.39, 0.29) is 18.5 Å². The van der Waals surface area contributed by atoms with Crippen molar-refractivity contribution in [2.75, 3.05) is 13.2 Å². The van der Waals surface area contributed by atoms with E-state index in [0.29, 0.717) is 18.4 Å². The lowest BCUT2D eigenvalue weighted by molar-refractivity contribution is -0.286. The smallest absolute Gasteiger partial charge is 0.155 e. The lowest BCUT2D eigenvalue weighted by atomic mass is 9.85. The van der Waals surface area contributed by atoms with Gasteiger partial charge in [-0.2, -0.15) is 0 Å². The summed E-state index contributed by atoms with van der Waals surface area (Å²) in [5, 5.41) is 0. The Morgan fingerprint density at radius 1 is 1.00 bits per heavy atom. The van der Waals surface area contributed by atoms with Crippen LogP contribution >= 0.6 is 0 Å². The molecule has 5 atom stereocenters. The van der Waals surface area contributed by atoms with Gasteiger partial charge in [0.05, 0.1) is 19.3 Å². The molecule has 0 radical (unpaired) electrons. The third-order valence-electron chi connectivity index (χ3n) is 3.20. The molecule has 0 amide bonds. The maximum absolute atomic E-state index is 5.73. The van der Waals surface area contributed by atoms with Crippen molar-refractivity contribution >= 4 is 0 Å². The second-order valence-electron chi connectivity index (χ2n) is 4.21. The van der Waals surface area contributed by atoms with Gasteiger partial charge in [-0.1, -0.05) is 13.8 Å². The zero-order chi connectivity index (χ0) is 9.42. The summed E-state index contributed by atoms with van der Waals surface area (Å²) >= 11 is 0. The fourth-order valence-corrected chi connectivity index (χ4v) is 2.03. The van der Waals surface area contributed by atoms with Crippen molar-refractivity contribution in [1.82, 2.24) is 0 Å². The van der Waals surface area contributed by atoms with Gasteiger partial charge in [-0.25, -0.2) is 0 Å². The van der Waals surface area contributed by atoms with Crippen LogP contribution in [0.4, 0.5) is 0 Å². The molecule has 3 heteroatoms. The summed E-state index contributed by atoms with van der Waals surface area (Å²) in [4.78, 5) is 0. The highest BCUT2D eigenvalue weighted by Crippen LogP contribution is 2.31. The summed E-state index contributed by atoms with van der Waals surface area (Å²) in [6.45, 7) is 7.92. The molecule has 2 saturated heterocycles. The second kappa shape index (κ2) is 3.56. The average Bonchev–Trinajstić information content (AvgIpc) is 2.12. The molecule has 0 saturated carbocycles. The molecule has 2 heterocycles. The van der Waals surface area contributed by atoms with Crippen molar-refractivity contribution in [2.24, 2.45) is 11.8 Å². The Hall–Kier alpha value is -0.120. The Morgan fingerprint density at radius 2 is 1.77 bits per heavy atom. The van der Waals surface area contributed by atoms with Crippen LogP contribution in [0.2, 0.25) is 0 Å². The van der Waals surface area contributed by atoms with Gasteiger partial charge in [0.1, 0.15) is 6.10 Å². The Balaban J connectivity index is 2.04.